The Bertz CT molecular complexity index is 89.6. The van der Waals surface area contributed by atoms with E-state index in [4.69, 9.17) is 8.85 Å². The van der Waals surface area contributed by atoms with Gasteiger partial charge in [-0.25, -0.2) is 0 Å². The van der Waals surface area contributed by atoms with Gasteiger partial charge in [-0.05, 0) is 12.0 Å². The average molecular weight is 160 g/mol. The third-order valence-corrected chi connectivity index (χ3v) is 4.38. The lowest BCUT2D eigenvalue weighted by Crippen LogP contribution is -2.25. The van der Waals surface area contributed by atoms with Gasteiger partial charge in [-0.2, -0.15) is 0 Å². The molecule has 0 aromatic carbocycles. The number of rotatable bonds is 4. The second-order valence-electron chi connectivity index (χ2n) is 2.93. The summed E-state index contributed by atoms with van der Waals surface area (Å²) >= 11 is 0. The van der Waals surface area contributed by atoms with Crippen molar-refractivity contribution < 1.29 is 8.85 Å². The van der Waals surface area contributed by atoms with Gasteiger partial charge in [0.05, 0.1) is 0 Å². The van der Waals surface area contributed by atoms with Crippen molar-refractivity contribution in [1.82, 2.24) is 0 Å². The molecule has 1 saturated carbocycles. The summed E-state index contributed by atoms with van der Waals surface area (Å²) in [4.78, 5) is 0. The Kier molecular flexibility index (Phi) is 3.38. The molecule has 0 N–H and O–H groups in total. The maximum absolute atomic E-state index is 5.22. The summed E-state index contributed by atoms with van der Waals surface area (Å²) in [5.74, 6) is 0.927. The van der Waals surface area contributed by atoms with Gasteiger partial charge in [0, 0.05) is 14.2 Å². The molecule has 0 bridgehead atoms. The fourth-order valence-corrected chi connectivity index (χ4v) is 2.88. The topological polar surface area (TPSA) is 18.5 Å². The summed E-state index contributed by atoms with van der Waals surface area (Å²) in [5.41, 5.74) is 0. The first-order chi connectivity index (χ1) is 4.86. The second kappa shape index (κ2) is 4.11. The molecule has 0 aromatic heterocycles. The van der Waals surface area contributed by atoms with E-state index in [1.165, 1.54) is 25.3 Å². The molecule has 2 nitrogen and oxygen atoms in total. The van der Waals surface area contributed by atoms with Gasteiger partial charge < -0.3 is 8.85 Å². The van der Waals surface area contributed by atoms with Crippen molar-refractivity contribution in [2.24, 2.45) is 5.92 Å². The highest BCUT2D eigenvalue weighted by Crippen LogP contribution is 2.30. The highest BCUT2D eigenvalue weighted by atomic mass is 28.3. The van der Waals surface area contributed by atoms with Crippen LogP contribution < -0.4 is 0 Å². The quantitative estimate of drug-likeness (QED) is 0.577. The fraction of sp³-hybridized carbons (Fsp3) is 1.00. The molecular formula is C7H16O2Si. The van der Waals surface area contributed by atoms with Crippen LogP contribution in [0.1, 0.15) is 19.3 Å². The molecule has 1 rings (SSSR count). The molecule has 1 aliphatic carbocycles. The van der Waals surface area contributed by atoms with Gasteiger partial charge in [-0.1, -0.05) is 19.3 Å². The lowest BCUT2D eigenvalue weighted by molar-refractivity contribution is 0.249. The van der Waals surface area contributed by atoms with Crippen molar-refractivity contribution in [2.45, 2.75) is 25.3 Å². The van der Waals surface area contributed by atoms with Gasteiger partial charge in [0.2, 0.25) is 0 Å². The molecule has 0 unspecified atom stereocenters. The molecule has 0 aromatic rings. The molecule has 1 aliphatic rings. The number of hydrogen-bond acceptors (Lipinski definition) is 2. The van der Waals surface area contributed by atoms with Crippen LogP contribution in [-0.4, -0.2) is 23.5 Å². The van der Waals surface area contributed by atoms with Crippen LogP contribution >= 0.6 is 0 Å². The third kappa shape index (κ3) is 2.07. The zero-order valence-electron chi connectivity index (χ0n) is 6.80. The molecular weight excluding hydrogens is 144 g/mol. The van der Waals surface area contributed by atoms with Crippen molar-refractivity contribution in [2.75, 3.05) is 14.2 Å². The molecule has 3 heteroatoms. The lowest BCUT2D eigenvalue weighted by Gasteiger charge is -2.27. The standard InChI is InChI=1S/C7H16O2Si/c1-8-10(9-2)6-7-4-3-5-7/h7,10H,3-6H2,1-2H3. The third-order valence-electron chi connectivity index (χ3n) is 2.28. The highest BCUT2D eigenvalue weighted by Gasteiger charge is 2.23. The average Bonchev–Trinajstić information content (AvgIpc) is 1.87. The van der Waals surface area contributed by atoms with Gasteiger partial charge in [-0.15, -0.1) is 0 Å². The maximum Gasteiger partial charge on any atom is 0.321 e. The summed E-state index contributed by atoms with van der Waals surface area (Å²) in [5, 5.41) is 0. The van der Waals surface area contributed by atoms with Crippen molar-refractivity contribution >= 4 is 9.28 Å². The Hall–Kier alpha value is 0.137. The van der Waals surface area contributed by atoms with Gasteiger partial charge in [-0.3, -0.25) is 0 Å². The van der Waals surface area contributed by atoms with E-state index in [-0.39, 0.29) is 0 Å². The molecule has 1 fully saturated rings. The van der Waals surface area contributed by atoms with Crippen LogP contribution in [0, 0.1) is 5.92 Å². The Morgan fingerprint density at radius 1 is 1.30 bits per heavy atom. The van der Waals surface area contributed by atoms with Crippen LogP contribution in [0.3, 0.4) is 0 Å². The van der Waals surface area contributed by atoms with Crippen LogP contribution in [0.2, 0.25) is 6.04 Å². The molecule has 0 aliphatic heterocycles. The van der Waals surface area contributed by atoms with Crippen molar-refractivity contribution in [1.29, 1.82) is 0 Å². The summed E-state index contributed by atoms with van der Waals surface area (Å²) < 4.78 is 10.4. The van der Waals surface area contributed by atoms with Crippen molar-refractivity contribution in [3.63, 3.8) is 0 Å². The van der Waals surface area contributed by atoms with Gasteiger partial charge >= 0.3 is 9.28 Å². The first kappa shape index (κ1) is 8.24. The van der Waals surface area contributed by atoms with E-state index in [0.29, 0.717) is 0 Å². The number of hydrogen-bond donors (Lipinski definition) is 0. The molecule has 10 heavy (non-hydrogen) atoms. The fourth-order valence-electron chi connectivity index (χ4n) is 1.29. The van der Waals surface area contributed by atoms with Crippen LogP contribution in [0.25, 0.3) is 0 Å². The van der Waals surface area contributed by atoms with Gasteiger partial charge in [0.15, 0.2) is 0 Å². The Morgan fingerprint density at radius 2 is 1.90 bits per heavy atom. The predicted octanol–water partition coefficient (Wildman–Crippen LogP) is 1.30. The molecule has 0 saturated heterocycles. The van der Waals surface area contributed by atoms with Crippen LogP contribution in [0.15, 0.2) is 0 Å². The minimum atomic E-state index is -1.22. The smallest absolute Gasteiger partial charge is 0.321 e. The summed E-state index contributed by atoms with van der Waals surface area (Å²) in [6.07, 6.45) is 4.21. The van der Waals surface area contributed by atoms with Crippen LogP contribution in [0.5, 0.6) is 0 Å². The first-order valence-electron chi connectivity index (χ1n) is 3.92. The van der Waals surface area contributed by atoms with Crippen molar-refractivity contribution in [3.05, 3.63) is 0 Å². The zero-order chi connectivity index (χ0) is 7.40. The van der Waals surface area contributed by atoms with Gasteiger partial charge in [0.25, 0.3) is 0 Å². The maximum atomic E-state index is 5.22. The van der Waals surface area contributed by atoms with E-state index in [0.717, 1.165) is 5.92 Å². The van der Waals surface area contributed by atoms with E-state index in [2.05, 4.69) is 0 Å². The zero-order valence-corrected chi connectivity index (χ0v) is 7.95. The van der Waals surface area contributed by atoms with Crippen LogP contribution in [0.4, 0.5) is 0 Å². The van der Waals surface area contributed by atoms with E-state index in [9.17, 15) is 0 Å². The normalized spacial score (nSPS) is 19.5. The molecule has 0 spiro atoms. The summed E-state index contributed by atoms with van der Waals surface area (Å²) in [7, 11) is 2.31. The summed E-state index contributed by atoms with van der Waals surface area (Å²) in [6, 6.07) is 1.22. The Labute approximate surface area is 64.4 Å². The molecule has 0 amide bonds. The predicted molar refractivity (Wildman–Crippen MR) is 43.3 cm³/mol. The minimum Gasteiger partial charge on any atom is -0.400 e. The largest absolute Gasteiger partial charge is 0.400 e. The van der Waals surface area contributed by atoms with Crippen LogP contribution in [-0.2, 0) is 8.85 Å². The molecule has 60 valence electrons. The first-order valence-corrected chi connectivity index (χ1v) is 5.68. The second-order valence-corrected chi connectivity index (χ2v) is 5.21. The van der Waals surface area contributed by atoms with E-state index >= 15 is 0 Å². The Morgan fingerprint density at radius 3 is 2.20 bits per heavy atom. The van der Waals surface area contributed by atoms with Crippen molar-refractivity contribution in [3.8, 4) is 0 Å². The minimum absolute atomic E-state index is 0.927. The van der Waals surface area contributed by atoms with E-state index < -0.39 is 9.28 Å². The summed E-state index contributed by atoms with van der Waals surface area (Å²) in [6.45, 7) is 0. The molecule has 0 radical (unpaired) electrons. The Balaban J connectivity index is 2.08. The highest BCUT2D eigenvalue weighted by molar-refractivity contribution is 6.44. The molecule has 0 heterocycles. The molecule has 0 atom stereocenters. The lowest BCUT2D eigenvalue weighted by atomic mass is 9.87. The van der Waals surface area contributed by atoms with E-state index in [1.54, 1.807) is 14.2 Å². The van der Waals surface area contributed by atoms with E-state index in [1.807, 2.05) is 0 Å². The van der Waals surface area contributed by atoms with Gasteiger partial charge in [0.1, 0.15) is 0 Å². The SMILES string of the molecule is CO[SiH](CC1CCC1)OC. The monoisotopic (exact) mass is 160 g/mol.